The van der Waals surface area contributed by atoms with Gasteiger partial charge in [0, 0.05) is 12.6 Å². The zero-order chi connectivity index (χ0) is 16.2. The molecule has 114 valence electrons. The molecule has 1 heterocycles. The minimum absolute atomic E-state index is 0.00389. The highest BCUT2D eigenvalue weighted by molar-refractivity contribution is 5.98. The Labute approximate surface area is 120 Å². The topological polar surface area (TPSA) is 148 Å². The summed E-state index contributed by atoms with van der Waals surface area (Å²) in [4.78, 5) is 36.3. The second kappa shape index (κ2) is 6.16. The number of amides is 1. The van der Waals surface area contributed by atoms with E-state index in [-0.39, 0.29) is 23.6 Å². The molecule has 0 fully saturated rings. The molecule has 1 aromatic rings. The maximum Gasteiger partial charge on any atom is 0.311 e. The Bertz CT molecular complexity index is 589. The summed E-state index contributed by atoms with van der Waals surface area (Å²) in [6.07, 6.45) is 1.33. The first-order valence-corrected chi connectivity index (χ1v) is 6.12. The molecule has 0 bridgehead atoms. The maximum absolute atomic E-state index is 11.3. The Morgan fingerprint density at radius 3 is 2.62 bits per heavy atom. The Kier molecular flexibility index (Phi) is 4.79. The van der Waals surface area contributed by atoms with Gasteiger partial charge in [-0.2, -0.15) is 0 Å². The second-order valence-electron chi connectivity index (χ2n) is 4.78. The van der Waals surface area contributed by atoms with Crippen molar-refractivity contribution in [2.75, 3.05) is 11.9 Å². The largest absolute Gasteiger partial charge is 0.481 e. The van der Waals surface area contributed by atoms with Crippen LogP contribution in [0.4, 0.5) is 11.5 Å². The number of carboxylic acids is 1. The van der Waals surface area contributed by atoms with Crippen molar-refractivity contribution in [1.29, 1.82) is 0 Å². The van der Waals surface area contributed by atoms with E-state index >= 15 is 0 Å². The molecular weight excluding hydrogens is 280 g/mol. The molecule has 4 N–H and O–H groups in total. The van der Waals surface area contributed by atoms with Crippen molar-refractivity contribution in [2.24, 2.45) is 11.1 Å². The van der Waals surface area contributed by atoms with E-state index in [1.165, 1.54) is 6.92 Å². The highest BCUT2D eigenvalue weighted by atomic mass is 16.6. The Hall–Kier alpha value is -2.71. The van der Waals surface area contributed by atoms with Crippen molar-refractivity contribution in [3.05, 3.63) is 27.9 Å². The number of nitrogens with one attached hydrogen (secondary N) is 1. The molecule has 1 unspecified atom stereocenters. The molecule has 9 heteroatoms. The summed E-state index contributed by atoms with van der Waals surface area (Å²) < 4.78 is 0. The van der Waals surface area contributed by atoms with Crippen LogP contribution in [0.5, 0.6) is 0 Å². The lowest BCUT2D eigenvalue weighted by Gasteiger charge is -2.23. The van der Waals surface area contributed by atoms with Crippen LogP contribution < -0.4 is 11.1 Å². The second-order valence-corrected chi connectivity index (χ2v) is 4.78. The van der Waals surface area contributed by atoms with Gasteiger partial charge in [0.05, 0.1) is 15.9 Å². The molecule has 1 atom stereocenters. The third-order valence-electron chi connectivity index (χ3n) is 3.29. The average Bonchev–Trinajstić information content (AvgIpc) is 2.43. The van der Waals surface area contributed by atoms with Crippen LogP contribution in [-0.4, -0.2) is 33.4 Å². The van der Waals surface area contributed by atoms with Gasteiger partial charge in [-0.1, -0.05) is 6.92 Å². The molecule has 0 aliphatic rings. The van der Waals surface area contributed by atoms with E-state index in [4.69, 9.17) is 10.8 Å². The Balaban J connectivity index is 3.06. The van der Waals surface area contributed by atoms with Gasteiger partial charge in [-0.25, -0.2) is 4.98 Å². The van der Waals surface area contributed by atoms with Gasteiger partial charge in [-0.15, -0.1) is 0 Å². The average molecular weight is 296 g/mol. The fraction of sp³-hybridized carbons (Fsp3) is 0.417. The fourth-order valence-electron chi connectivity index (χ4n) is 1.51. The summed E-state index contributed by atoms with van der Waals surface area (Å²) in [7, 11) is 0. The predicted molar refractivity (Wildman–Crippen MR) is 73.9 cm³/mol. The molecule has 0 saturated heterocycles. The lowest BCUT2D eigenvalue weighted by molar-refractivity contribution is -0.385. The number of nitrogens with zero attached hydrogens (tertiary/aromatic N) is 2. The molecule has 9 nitrogen and oxygen atoms in total. The lowest BCUT2D eigenvalue weighted by atomic mass is 9.87. The van der Waals surface area contributed by atoms with Gasteiger partial charge in [0.1, 0.15) is 12.0 Å². The summed E-state index contributed by atoms with van der Waals surface area (Å²) in [6.45, 7) is 3.26. The van der Waals surface area contributed by atoms with Crippen LogP contribution in [0, 0.1) is 15.5 Å². The smallest absolute Gasteiger partial charge is 0.311 e. The number of primary amides is 1. The van der Waals surface area contributed by atoms with Gasteiger partial charge in [0.2, 0.25) is 0 Å². The van der Waals surface area contributed by atoms with Gasteiger partial charge in [-0.05, 0) is 13.3 Å². The predicted octanol–water partition coefficient (Wildman–Crippen LogP) is 1.00. The Morgan fingerprint density at radius 2 is 2.19 bits per heavy atom. The summed E-state index contributed by atoms with van der Waals surface area (Å²) in [5.41, 5.74) is 3.57. The van der Waals surface area contributed by atoms with E-state index in [1.807, 2.05) is 0 Å². The monoisotopic (exact) mass is 296 g/mol. The molecule has 0 saturated carbocycles. The molecule has 0 aliphatic heterocycles. The van der Waals surface area contributed by atoms with Crippen LogP contribution in [0.3, 0.4) is 0 Å². The number of pyridine rings is 1. The molecule has 0 aromatic carbocycles. The van der Waals surface area contributed by atoms with E-state index in [9.17, 15) is 19.7 Å². The van der Waals surface area contributed by atoms with Crippen molar-refractivity contribution in [3.8, 4) is 0 Å². The first-order valence-electron chi connectivity index (χ1n) is 6.12. The number of carbonyl (C=O) groups is 2. The fourth-order valence-corrected chi connectivity index (χ4v) is 1.51. The van der Waals surface area contributed by atoms with Crippen LogP contribution in [0.2, 0.25) is 0 Å². The summed E-state index contributed by atoms with van der Waals surface area (Å²) in [6, 6.07) is 1.00. The van der Waals surface area contributed by atoms with E-state index in [0.717, 1.165) is 12.3 Å². The summed E-state index contributed by atoms with van der Waals surface area (Å²) in [5.74, 6) is -1.86. The van der Waals surface area contributed by atoms with Crippen molar-refractivity contribution in [1.82, 2.24) is 4.98 Å². The first kappa shape index (κ1) is 16.3. The van der Waals surface area contributed by atoms with E-state index < -0.39 is 22.2 Å². The molecule has 1 aromatic heterocycles. The van der Waals surface area contributed by atoms with Gasteiger partial charge < -0.3 is 16.2 Å². The van der Waals surface area contributed by atoms with E-state index in [2.05, 4.69) is 10.3 Å². The minimum Gasteiger partial charge on any atom is -0.481 e. The normalized spacial score (nSPS) is 13.2. The van der Waals surface area contributed by atoms with Gasteiger partial charge in [0.15, 0.2) is 0 Å². The zero-order valence-corrected chi connectivity index (χ0v) is 11.6. The molecule has 21 heavy (non-hydrogen) atoms. The number of nitro groups is 1. The summed E-state index contributed by atoms with van der Waals surface area (Å²) in [5, 5.41) is 22.5. The third kappa shape index (κ3) is 3.65. The highest BCUT2D eigenvalue weighted by Crippen LogP contribution is 2.24. The van der Waals surface area contributed by atoms with Gasteiger partial charge in [-0.3, -0.25) is 19.7 Å². The van der Waals surface area contributed by atoms with Crippen LogP contribution in [-0.2, 0) is 4.79 Å². The van der Waals surface area contributed by atoms with E-state index in [0.29, 0.717) is 6.42 Å². The molecule has 1 rings (SSSR count). The number of nitrogens with two attached hydrogens (primary N) is 1. The number of aromatic nitrogens is 1. The quantitative estimate of drug-likeness (QED) is 0.502. The number of aliphatic carboxylic acids is 1. The van der Waals surface area contributed by atoms with Crippen LogP contribution >= 0.6 is 0 Å². The number of hydrogen-bond acceptors (Lipinski definition) is 6. The van der Waals surface area contributed by atoms with Gasteiger partial charge in [0.25, 0.3) is 11.6 Å². The summed E-state index contributed by atoms with van der Waals surface area (Å²) >= 11 is 0. The van der Waals surface area contributed by atoms with Crippen molar-refractivity contribution in [2.45, 2.75) is 20.3 Å². The molecule has 1 amide bonds. The third-order valence-corrected chi connectivity index (χ3v) is 3.29. The van der Waals surface area contributed by atoms with Crippen molar-refractivity contribution < 1.29 is 19.6 Å². The van der Waals surface area contributed by atoms with Crippen LogP contribution in [0.15, 0.2) is 12.3 Å². The van der Waals surface area contributed by atoms with Crippen molar-refractivity contribution in [3.63, 3.8) is 0 Å². The standard InChI is InChI=1S/C12H16N4O5/c1-3-12(2,11(18)19)6-15-10-8(9(13)17)4-7(5-14-10)16(20)21/h4-5H,3,6H2,1-2H3,(H2,13,17)(H,14,15)(H,18,19). The first-order chi connectivity index (χ1) is 9.71. The number of rotatable bonds is 7. The SMILES string of the molecule is CCC(C)(CNc1ncc([N+](=O)[O-])cc1C(N)=O)C(=O)O. The Morgan fingerprint density at radius 1 is 1.57 bits per heavy atom. The molecule has 0 radical (unpaired) electrons. The van der Waals surface area contributed by atoms with Crippen LogP contribution in [0.25, 0.3) is 0 Å². The van der Waals surface area contributed by atoms with E-state index in [1.54, 1.807) is 6.92 Å². The van der Waals surface area contributed by atoms with Crippen molar-refractivity contribution >= 4 is 23.4 Å². The number of carboxylic acid groups (broad SMARTS) is 1. The van der Waals surface area contributed by atoms with Crippen LogP contribution in [0.1, 0.15) is 30.6 Å². The van der Waals surface area contributed by atoms with Gasteiger partial charge >= 0.3 is 5.97 Å². The lowest BCUT2D eigenvalue weighted by Crippen LogP contribution is -2.35. The zero-order valence-electron chi connectivity index (χ0n) is 11.6. The number of anilines is 1. The molecular formula is C12H16N4O5. The molecule has 0 spiro atoms. The highest BCUT2D eigenvalue weighted by Gasteiger charge is 2.31. The number of carbonyl (C=O) groups excluding carboxylic acids is 1. The molecule has 0 aliphatic carbocycles. The maximum atomic E-state index is 11.3. The number of hydrogen-bond donors (Lipinski definition) is 3. The minimum atomic E-state index is -1.06.